The first-order valence-electron chi connectivity index (χ1n) is 10.2. The fraction of sp³-hybridized carbons (Fsp3) is 0.273. The number of benzene rings is 2. The Kier molecular flexibility index (Phi) is 6.29. The second kappa shape index (κ2) is 9.46. The average Bonchev–Trinajstić information content (AvgIpc) is 3.28. The Morgan fingerprint density at radius 2 is 1.81 bits per heavy atom. The molecular weight excluding hydrogens is 415 g/mol. The molecule has 0 aliphatic carbocycles. The van der Waals surface area contributed by atoms with E-state index in [1.807, 2.05) is 24.3 Å². The molecule has 4 rings (SSSR count). The van der Waals surface area contributed by atoms with E-state index < -0.39 is 5.91 Å². The van der Waals surface area contributed by atoms with Crippen LogP contribution in [0.3, 0.4) is 0 Å². The number of anilines is 1. The second-order valence-electron chi connectivity index (χ2n) is 7.41. The number of primary amides is 1. The first-order valence-corrected chi connectivity index (χ1v) is 10.2. The van der Waals surface area contributed by atoms with Gasteiger partial charge in [0, 0.05) is 37.9 Å². The van der Waals surface area contributed by atoms with Gasteiger partial charge in [0.25, 0.3) is 5.91 Å². The van der Waals surface area contributed by atoms with Crippen molar-refractivity contribution in [2.45, 2.75) is 13.2 Å². The normalized spacial score (nSPS) is 13.8. The number of nitrogens with zero attached hydrogens (tertiary/aromatic N) is 5. The molecule has 32 heavy (non-hydrogen) atoms. The van der Waals surface area contributed by atoms with E-state index in [0.29, 0.717) is 32.8 Å². The van der Waals surface area contributed by atoms with Gasteiger partial charge in [-0.05, 0) is 29.8 Å². The highest BCUT2D eigenvalue weighted by molar-refractivity contribution is 5.88. The second-order valence-corrected chi connectivity index (χ2v) is 7.41. The van der Waals surface area contributed by atoms with Gasteiger partial charge in [0.05, 0.1) is 0 Å². The molecule has 0 spiro atoms. The smallest absolute Gasteiger partial charge is 0.288 e. The molecule has 1 fully saturated rings. The van der Waals surface area contributed by atoms with Crippen LogP contribution in [0.2, 0.25) is 0 Å². The van der Waals surface area contributed by atoms with E-state index >= 15 is 0 Å². The predicted molar refractivity (Wildman–Crippen MR) is 115 cm³/mol. The van der Waals surface area contributed by atoms with E-state index in [0.717, 1.165) is 17.0 Å². The monoisotopic (exact) mass is 438 g/mol. The van der Waals surface area contributed by atoms with Crippen LogP contribution in [0.4, 0.5) is 10.1 Å². The molecule has 1 aromatic heterocycles. The molecule has 0 unspecified atom stereocenters. The number of rotatable bonds is 7. The maximum absolute atomic E-state index is 13.0. The topological polar surface area (TPSA) is 107 Å². The van der Waals surface area contributed by atoms with Crippen molar-refractivity contribution in [3.63, 3.8) is 0 Å². The molecule has 10 heteroatoms. The Morgan fingerprint density at radius 1 is 1.06 bits per heavy atom. The summed E-state index contributed by atoms with van der Waals surface area (Å²) in [5.41, 5.74) is 7.03. The predicted octanol–water partition coefficient (Wildman–Crippen LogP) is 1.44. The first kappa shape index (κ1) is 21.3. The highest BCUT2D eigenvalue weighted by atomic mass is 19.1. The van der Waals surface area contributed by atoms with Gasteiger partial charge < -0.3 is 20.3 Å². The molecule has 1 saturated heterocycles. The van der Waals surface area contributed by atoms with Gasteiger partial charge in [0.2, 0.25) is 11.7 Å². The Balaban J connectivity index is 1.29. The Morgan fingerprint density at radius 3 is 2.50 bits per heavy atom. The summed E-state index contributed by atoms with van der Waals surface area (Å²) in [6.07, 6.45) is 1.33. The van der Waals surface area contributed by atoms with Crippen LogP contribution < -0.4 is 15.4 Å². The third-order valence-corrected chi connectivity index (χ3v) is 5.19. The molecule has 2 N–H and O–H groups in total. The molecule has 0 bridgehead atoms. The van der Waals surface area contributed by atoms with Gasteiger partial charge in [0.1, 0.15) is 31.0 Å². The molecule has 0 atom stereocenters. The van der Waals surface area contributed by atoms with Crippen LogP contribution >= 0.6 is 0 Å². The minimum Gasteiger partial charge on any atom is -0.489 e. The molecule has 2 heterocycles. The van der Waals surface area contributed by atoms with E-state index in [1.165, 1.54) is 23.1 Å². The third kappa shape index (κ3) is 5.20. The van der Waals surface area contributed by atoms with Crippen molar-refractivity contribution in [3.8, 4) is 5.75 Å². The van der Waals surface area contributed by atoms with E-state index in [1.54, 1.807) is 17.0 Å². The van der Waals surface area contributed by atoms with Crippen molar-refractivity contribution in [1.29, 1.82) is 0 Å². The first-order chi connectivity index (χ1) is 15.5. The van der Waals surface area contributed by atoms with Crippen LogP contribution in [0.5, 0.6) is 5.75 Å². The summed E-state index contributed by atoms with van der Waals surface area (Å²) in [4.78, 5) is 31.4. The number of piperazine rings is 1. The number of carbonyl (C=O) groups excluding carboxylic acids is 2. The summed E-state index contributed by atoms with van der Waals surface area (Å²) in [5, 5.41) is 3.90. The van der Waals surface area contributed by atoms with Crippen LogP contribution in [0, 0.1) is 5.82 Å². The number of hydrogen-bond acceptors (Lipinski definition) is 6. The van der Waals surface area contributed by atoms with Crippen LogP contribution in [0.15, 0.2) is 54.9 Å². The summed E-state index contributed by atoms with van der Waals surface area (Å²) >= 11 is 0. The number of ether oxygens (including phenoxy) is 1. The summed E-state index contributed by atoms with van der Waals surface area (Å²) in [6.45, 7) is 2.85. The quantitative estimate of drug-likeness (QED) is 0.598. The number of hydrogen-bond donors (Lipinski definition) is 1. The van der Waals surface area contributed by atoms with Gasteiger partial charge in [0.15, 0.2) is 0 Å². The van der Waals surface area contributed by atoms with Crippen LogP contribution in [-0.2, 0) is 17.9 Å². The number of carbonyl (C=O) groups is 2. The molecule has 1 aliphatic rings. The molecule has 1 aliphatic heterocycles. The van der Waals surface area contributed by atoms with Gasteiger partial charge >= 0.3 is 0 Å². The van der Waals surface area contributed by atoms with Crippen LogP contribution in [0.25, 0.3) is 0 Å². The minimum absolute atomic E-state index is 0.00694. The van der Waals surface area contributed by atoms with Crippen LogP contribution in [0.1, 0.15) is 16.2 Å². The third-order valence-electron chi connectivity index (χ3n) is 5.19. The molecular formula is C22H23FN6O3. The SMILES string of the molecule is NC(=O)c1ncn(CC(=O)N2CCN(c3cccc(OCc4ccc(F)cc4)c3)CC2)n1. The van der Waals surface area contributed by atoms with E-state index in [-0.39, 0.29) is 24.1 Å². The highest BCUT2D eigenvalue weighted by Crippen LogP contribution is 2.23. The molecule has 0 radical (unpaired) electrons. The fourth-order valence-corrected chi connectivity index (χ4v) is 3.45. The number of nitrogens with two attached hydrogens (primary N) is 1. The molecule has 0 saturated carbocycles. The van der Waals surface area contributed by atoms with Gasteiger partial charge in [-0.15, -0.1) is 5.10 Å². The summed E-state index contributed by atoms with van der Waals surface area (Å²) in [6, 6.07) is 14.0. The summed E-state index contributed by atoms with van der Waals surface area (Å²) in [7, 11) is 0. The Hall–Kier alpha value is -3.95. The van der Waals surface area contributed by atoms with Gasteiger partial charge in [-0.25, -0.2) is 14.1 Å². The molecule has 3 aromatic rings. The van der Waals surface area contributed by atoms with Gasteiger partial charge in [-0.2, -0.15) is 0 Å². The van der Waals surface area contributed by atoms with Crippen molar-refractivity contribution < 1.29 is 18.7 Å². The zero-order valence-electron chi connectivity index (χ0n) is 17.4. The lowest BCUT2D eigenvalue weighted by Crippen LogP contribution is -2.49. The maximum Gasteiger partial charge on any atom is 0.288 e. The number of aromatic nitrogens is 3. The number of halogens is 1. The van der Waals surface area contributed by atoms with E-state index in [2.05, 4.69) is 15.0 Å². The van der Waals surface area contributed by atoms with Crippen molar-refractivity contribution >= 4 is 17.5 Å². The molecule has 166 valence electrons. The molecule has 2 aromatic carbocycles. The Labute approximate surface area is 184 Å². The average molecular weight is 438 g/mol. The van der Waals surface area contributed by atoms with Crippen molar-refractivity contribution in [2.24, 2.45) is 5.73 Å². The molecule has 9 nitrogen and oxygen atoms in total. The number of amides is 2. The van der Waals surface area contributed by atoms with E-state index in [4.69, 9.17) is 10.5 Å². The summed E-state index contributed by atoms with van der Waals surface area (Å²) in [5.74, 6) is -0.480. The zero-order chi connectivity index (χ0) is 22.5. The lowest BCUT2D eigenvalue weighted by Gasteiger charge is -2.36. The van der Waals surface area contributed by atoms with Crippen LogP contribution in [-0.4, -0.2) is 57.7 Å². The van der Waals surface area contributed by atoms with Crippen molar-refractivity contribution in [3.05, 3.63) is 72.1 Å². The fourth-order valence-electron chi connectivity index (χ4n) is 3.45. The largest absolute Gasteiger partial charge is 0.489 e. The van der Waals surface area contributed by atoms with Gasteiger partial charge in [-0.1, -0.05) is 18.2 Å². The maximum atomic E-state index is 13.0. The highest BCUT2D eigenvalue weighted by Gasteiger charge is 2.22. The Bertz CT molecular complexity index is 1090. The zero-order valence-corrected chi connectivity index (χ0v) is 17.4. The van der Waals surface area contributed by atoms with Gasteiger partial charge in [-0.3, -0.25) is 9.59 Å². The summed E-state index contributed by atoms with van der Waals surface area (Å²) < 4.78 is 20.2. The van der Waals surface area contributed by atoms with Crippen molar-refractivity contribution in [2.75, 3.05) is 31.1 Å². The molecule has 2 amide bonds. The standard InChI is InChI=1S/C22H23FN6O3/c23-17-6-4-16(5-7-17)14-32-19-3-1-2-18(12-19)27-8-10-28(11-9-27)20(30)13-29-15-25-22(26-29)21(24)31/h1-7,12,15H,8-11,13-14H2,(H2,24,31). The lowest BCUT2D eigenvalue weighted by atomic mass is 10.2. The lowest BCUT2D eigenvalue weighted by molar-refractivity contribution is -0.132. The van der Waals surface area contributed by atoms with E-state index in [9.17, 15) is 14.0 Å². The minimum atomic E-state index is -0.728. The van der Waals surface area contributed by atoms with Crippen molar-refractivity contribution in [1.82, 2.24) is 19.7 Å².